The molecule has 4 rings (SSSR count). The average Bonchev–Trinajstić information content (AvgIpc) is 3.49. The molecule has 1 aromatic carbocycles. The minimum absolute atomic E-state index is 0.0151. The number of carbonyl (C=O) groups is 1. The molecule has 3 heterocycles. The molecular weight excluding hydrogens is 710 g/mol. The van der Waals surface area contributed by atoms with Gasteiger partial charge in [0.25, 0.3) is 0 Å². The van der Waals surface area contributed by atoms with E-state index >= 15 is 0 Å². The highest BCUT2D eigenvalue weighted by Gasteiger charge is 2.60. The van der Waals surface area contributed by atoms with Crippen LogP contribution < -0.4 is 4.74 Å². The van der Waals surface area contributed by atoms with E-state index in [4.69, 9.17) is 44.9 Å². The molecule has 1 saturated heterocycles. The first kappa shape index (κ1) is 37.0. The fraction of sp³-hybridized carbons (Fsp3) is 0.594. The molecule has 1 fully saturated rings. The maximum atomic E-state index is 12.9. The highest BCUT2D eigenvalue weighted by molar-refractivity contribution is 9.10. The van der Waals surface area contributed by atoms with E-state index in [9.17, 15) is 9.59 Å². The Balaban J connectivity index is 1.76. The Labute approximate surface area is 287 Å². The number of rotatable bonds is 11. The summed E-state index contributed by atoms with van der Waals surface area (Å²) in [4.78, 5) is 34.6. The lowest BCUT2D eigenvalue weighted by atomic mass is 10.1. The SMILES string of the molecule is COC(=O)[C@H]1OC[C@@H](Oc2nc3nc(-c4ccc(Br)cc4)c(Cl)cc3n2COCC[Si](C)(C)C)[C@@H]1O[Si](O)(C(C)(C)C)C(C)(C)C. The highest BCUT2D eigenvalue weighted by atomic mass is 79.9. The van der Waals surface area contributed by atoms with Gasteiger partial charge in [-0.05, 0) is 24.2 Å². The molecule has 0 amide bonds. The van der Waals surface area contributed by atoms with Crippen molar-refractivity contribution in [2.45, 2.75) is 102 Å². The number of hydrogen-bond donors (Lipinski definition) is 1. The second-order valence-corrected chi connectivity index (χ2v) is 26.5. The van der Waals surface area contributed by atoms with Crippen LogP contribution in [0.15, 0.2) is 34.8 Å². The summed E-state index contributed by atoms with van der Waals surface area (Å²) in [6.45, 7) is 19.3. The molecule has 1 aliphatic heterocycles. The van der Waals surface area contributed by atoms with Crippen molar-refractivity contribution in [3.8, 4) is 17.3 Å². The molecule has 46 heavy (non-hydrogen) atoms. The molecule has 0 bridgehead atoms. The summed E-state index contributed by atoms with van der Waals surface area (Å²) in [7, 11) is -3.61. The van der Waals surface area contributed by atoms with Gasteiger partial charge >= 0.3 is 20.5 Å². The van der Waals surface area contributed by atoms with Crippen molar-refractivity contribution < 1.29 is 33.0 Å². The van der Waals surface area contributed by atoms with Crippen molar-refractivity contribution in [1.29, 1.82) is 0 Å². The quantitative estimate of drug-likeness (QED) is 0.120. The molecule has 0 aliphatic carbocycles. The number of methoxy groups -OCH3 is 1. The molecule has 0 spiro atoms. The first-order valence-electron chi connectivity index (χ1n) is 15.4. The average molecular weight is 757 g/mol. The maximum absolute atomic E-state index is 12.9. The second-order valence-electron chi connectivity index (χ2n) is 15.0. The van der Waals surface area contributed by atoms with Crippen molar-refractivity contribution in [1.82, 2.24) is 14.5 Å². The number of fused-ring (bicyclic) bond motifs is 1. The Morgan fingerprint density at radius 1 is 1.11 bits per heavy atom. The zero-order valence-corrected chi connectivity index (χ0v) is 32.8. The zero-order valence-electron chi connectivity index (χ0n) is 28.4. The lowest BCUT2D eigenvalue weighted by Gasteiger charge is -2.47. The van der Waals surface area contributed by atoms with E-state index in [0.717, 1.165) is 16.1 Å². The van der Waals surface area contributed by atoms with Gasteiger partial charge in [-0.3, -0.25) is 4.57 Å². The van der Waals surface area contributed by atoms with Crippen LogP contribution in [0.25, 0.3) is 22.4 Å². The van der Waals surface area contributed by atoms with Gasteiger partial charge < -0.3 is 28.2 Å². The van der Waals surface area contributed by atoms with Gasteiger partial charge in [0.1, 0.15) is 12.8 Å². The van der Waals surface area contributed by atoms with Gasteiger partial charge in [-0.2, -0.15) is 4.98 Å². The van der Waals surface area contributed by atoms with Gasteiger partial charge in [0.2, 0.25) is 0 Å². The first-order chi connectivity index (χ1) is 21.3. The topological polar surface area (TPSA) is 114 Å². The molecule has 1 N–H and O–H groups in total. The molecule has 254 valence electrons. The lowest BCUT2D eigenvalue weighted by molar-refractivity contribution is -0.155. The summed E-state index contributed by atoms with van der Waals surface area (Å²) in [5, 5.41) is -0.742. The number of imidazole rings is 1. The fourth-order valence-electron chi connectivity index (χ4n) is 5.51. The number of carbonyl (C=O) groups excluding carboxylic acids is 1. The zero-order chi connectivity index (χ0) is 34.2. The minimum Gasteiger partial charge on any atom is -0.467 e. The summed E-state index contributed by atoms with van der Waals surface area (Å²) in [6, 6.07) is 10.7. The van der Waals surface area contributed by atoms with E-state index in [1.54, 1.807) is 4.57 Å². The van der Waals surface area contributed by atoms with Crippen LogP contribution in [-0.4, -0.2) is 80.6 Å². The maximum Gasteiger partial charge on any atom is 0.347 e. The van der Waals surface area contributed by atoms with Crippen LogP contribution in [0.1, 0.15) is 41.5 Å². The molecule has 1 aliphatic rings. The van der Waals surface area contributed by atoms with E-state index in [2.05, 4.69) is 35.6 Å². The van der Waals surface area contributed by atoms with Crippen molar-refractivity contribution in [3.05, 3.63) is 39.8 Å². The third kappa shape index (κ3) is 8.05. The summed E-state index contributed by atoms with van der Waals surface area (Å²) in [5.74, 6) is -0.606. The predicted molar refractivity (Wildman–Crippen MR) is 188 cm³/mol. The smallest absolute Gasteiger partial charge is 0.347 e. The summed E-state index contributed by atoms with van der Waals surface area (Å²) >= 11 is 10.3. The largest absolute Gasteiger partial charge is 0.467 e. The number of hydrogen-bond acceptors (Lipinski definition) is 9. The fourth-order valence-corrected chi connectivity index (χ4v) is 10.4. The third-order valence-electron chi connectivity index (χ3n) is 8.13. The number of halogens is 2. The van der Waals surface area contributed by atoms with E-state index in [1.807, 2.05) is 71.9 Å². The van der Waals surface area contributed by atoms with Gasteiger partial charge in [0.05, 0.1) is 29.9 Å². The van der Waals surface area contributed by atoms with Crippen LogP contribution in [-0.2, 0) is 30.2 Å². The van der Waals surface area contributed by atoms with Crippen molar-refractivity contribution in [2.75, 3.05) is 20.3 Å². The van der Waals surface area contributed by atoms with E-state index in [1.165, 1.54) is 7.11 Å². The Morgan fingerprint density at radius 2 is 1.74 bits per heavy atom. The molecule has 3 atom stereocenters. The van der Waals surface area contributed by atoms with Crippen molar-refractivity contribution in [3.63, 3.8) is 0 Å². The molecular formula is C32H47BrClN3O7Si2. The van der Waals surface area contributed by atoms with Crippen LogP contribution in [0.4, 0.5) is 0 Å². The number of nitrogens with zero attached hydrogens (tertiary/aromatic N) is 3. The molecule has 10 nitrogen and oxygen atoms in total. The van der Waals surface area contributed by atoms with Crippen LogP contribution in [0.2, 0.25) is 40.8 Å². The van der Waals surface area contributed by atoms with Gasteiger partial charge in [-0.25, -0.2) is 9.78 Å². The molecule has 0 radical (unpaired) electrons. The monoisotopic (exact) mass is 755 g/mol. The molecule has 0 saturated carbocycles. The Bertz CT molecular complexity index is 1520. The molecule has 14 heteroatoms. The van der Waals surface area contributed by atoms with Crippen LogP contribution >= 0.6 is 27.5 Å². The van der Waals surface area contributed by atoms with E-state index < -0.39 is 51.0 Å². The van der Waals surface area contributed by atoms with Gasteiger partial charge in [-0.15, -0.1) is 0 Å². The Morgan fingerprint density at radius 3 is 2.30 bits per heavy atom. The Kier molecular flexibility index (Phi) is 11.2. The molecule has 0 unspecified atom stereocenters. The Hall–Kier alpha value is -1.85. The van der Waals surface area contributed by atoms with Crippen LogP contribution in [0.5, 0.6) is 6.01 Å². The number of pyridine rings is 1. The number of ether oxygens (including phenoxy) is 4. The van der Waals surface area contributed by atoms with Gasteiger partial charge in [0.15, 0.2) is 17.9 Å². The van der Waals surface area contributed by atoms with E-state index in [0.29, 0.717) is 28.5 Å². The lowest BCUT2D eigenvalue weighted by Crippen LogP contribution is -2.60. The van der Waals surface area contributed by atoms with Gasteiger partial charge in [-0.1, -0.05) is 101 Å². The van der Waals surface area contributed by atoms with E-state index in [-0.39, 0.29) is 19.3 Å². The molecule has 3 aromatic rings. The minimum atomic E-state index is -3.57. The summed E-state index contributed by atoms with van der Waals surface area (Å²) < 4.78 is 33.0. The third-order valence-corrected chi connectivity index (χ3v) is 15.3. The van der Waals surface area contributed by atoms with Crippen molar-refractivity contribution in [2.24, 2.45) is 0 Å². The predicted octanol–water partition coefficient (Wildman–Crippen LogP) is 7.57. The second kappa shape index (κ2) is 13.9. The highest BCUT2D eigenvalue weighted by Crippen LogP contribution is 2.51. The number of benzene rings is 1. The standard InChI is InChI=1S/C32H47BrClN3O7Si2/c1-31(2,3)46(39,32(4,5)6)44-26-24(18-42-27(26)29(38)40-7)43-30-36-28-23(37(30)19-41-15-16-45(8,9)10)17-22(34)25(35-28)20-11-13-21(33)14-12-20/h11-14,17,24,26-27,39H,15-16,18-19H2,1-10H3/t24-,26+,27+/m1/s1. The number of esters is 1. The first-order valence-corrected chi connectivity index (χ1v) is 22.2. The summed E-state index contributed by atoms with van der Waals surface area (Å²) in [6.07, 6.45) is -2.86. The van der Waals surface area contributed by atoms with Crippen molar-refractivity contribution >= 4 is 61.3 Å². The van der Waals surface area contributed by atoms with Crippen LogP contribution in [0, 0.1) is 0 Å². The van der Waals surface area contributed by atoms with Gasteiger partial charge in [0, 0.05) is 34.8 Å². The summed E-state index contributed by atoms with van der Waals surface area (Å²) in [5.41, 5.74) is 2.47. The van der Waals surface area contributed by atoms with Crippen LogP contribution in [0.3, 0.4) is 0 Å². The normalized spacial score (nSPS) is 19.5. The number of aromatic nitrogens is 3. The molecule has 2 aromatic heterocycles.